The molecule has 0 aliphatic carbocycles. The molecule has 0 aliphatic heterocycles. The minimum Gasteiger partial charge on any atom is -0.207 e. The quantitative estimate of drug-likeness (QED) is 0.639. The third-order valence-corrected chi connectivity index (χ3v) is 4.33. The van der Waals surface area contributed by atoms with Crippen LogP contribution in [0.5, 0.6) is 0 Å². The van der Waals surface area contributed by atoms with Gasteiger partial charge in [0.15, 0.2) is 0 Å². The van der Waals surface area contributed by atoms with Gasteiger partial charge in [-0.2, -0.15) is 0 Å². The van der Waals surface area contributed by atoms with Gasteiger partial charge in [-0.05, 0) is 73.2 Å². The monoisotopic (exact) mass is 294 g/mol. The van der Waals surface area contributed by atoms with Crippen LogP contribution in [0.15, 0.2) is 24.3 Å². The van der Waals surface area contributed by atoms with Gasteiger partial charge in [0.1, 0.15) is 11.6 Å². The van der Waals surface area contributed by atoms with Crippen molar-refractivity contribution in [3.05, 3.63) is 69.3 Å². The highest BCUT2D eigenvalue weighted by atomic mass is 35.5. The zero-order valence-electron chi connectivity index (χ0n) is 12.0. The molecule has 0 bridgehead atoms. The standard InChI is InChI=1S/C17H17ClF2/c1-9-5-10(2)12(4)16(11(9)3)17(18)13-6-14(19)8-15(20)7-13/h5-8,17H,1-4H3. The molecule has 1 unspecified atom stereocenters. The van der Waals surface area contributed by atoms with Crippen molar-refractivity contribution in [3.63, 3.8) is 0 Å². The number of aryl methyl sites for hydroxylation is 2. The Hall–Kier alpha value is -1.41. The minimum absolute atomic E-state index is 0.445. The van der Waals surface area contributed by atoms with Gasteiger partial charge in [-0.25, -0.2) is 8.78 Å². The van der Waals surface area contributed by atoms with Gasteiger partial charge in [-0.15, -0.1) is 11.6 Å². The van der Waals surface area contributed by atoms with Crippen molar-refractivity contribution in [3.8, 4) is 0 Å². The lowest BCUT2D eigenvalue weighted by Gasteiger charge is -2.20. The van der Waals surface area contributed by atoms with Gasteiger partial charge in [-0.1, -0.05) is 6.07 Å². The molecule has 0 nitrogen and oxygen atoms in total. The second kappa shape index (κ2) is 5.53. The molecule has 1 atom stereocenters. The SMILES string of the molecule is Cc1cc(C)c(C)c(C(Cl)c2cc(F)cc(F)c2)c1C. The second-order valence-electron chi connectivity index (χ2n) is 5.24. The molecule has 0 aliphatic rings. The van der Waals surface area contributed by atoms with E-state index in [1.54, 1.807) is 0 Å². The Morgan fingerprint density at radius 3 is 1.70 bits per heavy atom. The van der Waals surface area contributed by atoms with Crippen molar-refractivity contribution in [2.24, 2.45) is 0 Å². The Morgan fingerprint density at radius 2 is 1.25 bits per heavy atom. The Kier molecular flexibility index (Phi) is 4.14. The smallest absolute Gasteiger partial charge is 0.126 e. The Labute approximate surface area is 123 Å². The summed E-state index contributed by atoms with van der Waals surface area (Å²) in [6.07, 6.45) is 0. The van der Waals surface area contributed by atoms with Crippen LogP contribution in [0.25, 0.3) is 0 Å². The van der Waals surface area contributed by atoms with E-state index in [4.69, 9.17) is 11.6 Å². The molecule has 0 radical (unpaired) electrons. The first-order valence-corrected chi connectivity index (χ1v) is 6.92. The van der Waals surface area contributed by atoms with E-state index in [0.29, 0.717) is 5.56 Å². The fourth-order valence-corrected chi connectivity index (χ4v) is 2.97. The maximum absolute atomic E-state index is 13.4. The lowest BCUT2D eigenvalue weighted by atomic mass is 9.90. The summed E-state index contributed by atoms with van der Waals surface area (Å²) in [7, 11) is 0. The highest BCUT2D eigenvalue weighted by Crippen LogP contribution is 2.36. The van der Waals surface area contributed by atoms with E-state index in [1.165, 1.54) is 12.1 Å². The molecular weight excluding hydrogens is 278 g/mol. The van der Waals surface area contributed by atoms with Crippen LogP contribution in [0.2, 0.25) is 0 Å². The van der Waals surface area contributed by atoms with Crippen LogP contribution in [0.4, 0.5) is 8.78 Å². The summed E-state index contributed by atoms with van der Waals surface area (Å²) in [5.41, 5.74) is 5.78. The molecule has 20 heavy (non-hydrogen) atoms. The number of benzene rings is 2. The summed E-state index contributed by atoms with van der Waals surface area (Å²) in [6.45, 7) is 8.01. The van der Waals surface area contributed by atoms with Gasteiger partial charge in [0, 0.05) is 6.07 Å². The minimum atomic E-state index is -0.606. The third kappa shape index (κ3) is 2.71. The van der Waals surface area contributed by atoms with E-state index in [0.717, 1.165) is 33.9 Å². The van der Waals surface area contributed by atoms with Gasteiger partial charge >= 0.3 is 0 Å². The largest absolute Gasteiger partial charge is 0.207 e. The average molecular weight is 295 g/mol. The van der Waals surface area contributed by atoms with E-state index in [1.807, 2.05) is 27.7 Å². The first-order valence-electron chi connectivity index (χ1n) is 6.48. The molecule has 0 spiro atoms. The van der Waals surface area contributed by atoms with Crippen LogP contribution >= 0.6 is 11.6 Å². The highest BCUT2D eigenvalue weighted by molar-refractivity contribution is 6.22. The van der Waals surface area contributed by atoms with Crippen LogP contribution in [0, 0.1) is 39.3 Å². The van der Waals surface area contributed by atoms with Crippen LogP contribution in [0.1, 0.15) is 38.8 Å². The maximum atomic E-state index is 13.4. The summed E-state index contributed by atoms with van der Waals surface area (Å²) in [6, 6.07) is 5.53. The van der Waals surface area contributed by atoms with E-state index in [2.05, 4.69) is 6.07 Å². The van der Waals surface area contributed by atoms with E-state index in [-0.39, 0.29) is 0 Å². The third-order valence-electron chi connectivity index (χ3n) is 3.86. The topological polar surface area (TPSA) is 0 Å². The molecule has 2 aromatic carbocycles. The Bertz CT molecular complexity index is 616. The Balaban J connectivity index is 2.61. The van der Waals surface area contributed by atoms with Gasteiger partial charge in [0.2, 0.25) is 0 Å². The zero-order chi connectivity index (χ0) is 15.0. The fraction of sp³-hybridized carbons (Fsp3) is 0.294. The molecule has 0 saturated heterocycles. The van der Waals surface area contributed by atoms with Crippen LogP contribution in [-0.4, -0.2) is 0 Å². The predicted molar refractivity (Wildman–Crippen MR) is 79.4 cm³/mol. The van der Waals surface area contributed by atoms with Crippen molar-refractivity contribution >= 4 is 11.6 Å². The van der Waals surface area contributed by atoms with Gasteiger partial charge in [0.05, 0.1) is 5.38 Å². The summed E-state index contributed by atoms with van der Waals surface area (Å²) in [4.78, 5) is 0. The van der Waals surface area contributed by atoms with Crippen LogP contribution < -0.4 is 0 Å². The van der Waals surface area contributed by atoms with Gasteiger partial charge in [-0.3, -0.25) is 0 Å². The molecule has 0 N–H and O–H groups in total. The average Bonchev–Trinajstić information content (AvgIpc) is 2.35. The summed E-state index contributed by atoms with van der Waals surface area (Å²) in [5.74, 6) is -1.21. The van der Waals surface area contributed by atoms with E-state index >= 15 is 0 Å². The maximum Gasteiger partial charge on any atom is 0.126 e. The van der Waals surface area contributed by atoms with Crippen molar-refractivity contribution < 1.29 is 8.78 Å². The van der Waals surface area contributed by atoms with E-state index in [9.17, 15) is 8.78 Å². The molecule has 0 aromatic heterocycles. The zero-order valence-corrected chi connectivity index (χ0v) is 12.8. The van der Waals surface area contributed by atoms with Crippen LogP contribution in [0.3, 0.4) is 0 Å². The molecular formula is C17H17ClF2. The highest BCUT2D eigenvalue weighted by Gasteiger charge is 2.19. The molecule has 2 aromatic rings. The van der Waals surface area contributed by atoms with Crippen molar-refractivity contribution in [1.29, 1.82) is 0 Å². The number of hydrogen-bond donors (Lipinski definition) is 0. The van der Waals surface area contributed by atoms with Crippen molar-refractivity contribution in [2.75, 3.05) is 0 Å². The van der Waals surface area contributed by atoms with Crippen LogP contribution in [-0.2, 0) is 0 Å². The number of hydrogen-bond acceptors (Lipinski definition) is 0. The van der Waals surface area contributed by atoms with Gasteiger partial charge < -0.3 is 0 Å². The predicted octanol–water partition coefficient (Wildman–Crippen LogP) is 5.53. The molecule has 0 fully saturated rings. The fourth-order valence-electron chi connectivity index (χ4n) is 2.52. The summed E-state index contributed by atoms with van der Waals surface area (Å²) in [5, 5.41) is -0.557. The second-order valence-corrected chi connectivity index (χ2v) is 5.68. The van der Waals surface area contributed by atoms with Crippen molar-refractivity contribution in [1.82, 2.24) is 0 Å². The first kappa shape index (κ1) is 15.0. The molecule has 106 valence electrons. The number of alkyl halides is 1. The lowest BCUT2D eigenvalue weighted by molar-refractivity contribution is 0.580. The van der Waals surface area contributed by atoms with E-state index < -0.39 is 17.0 Å². The van der Waals surface area contributed by atoms with Crippen molar-refractivity contribution in [2.45, 2.75) is 33.1 Å². The molecule has 0 amide bonds. The number of rotatable bonds is 2. The van der Waals surface area contributed by atoms with Gasteiger partial charge in [0.25, 0.3) is 0 Å². The molecule has 3 heteroatoms. The first-order chi connectivity index (χ1) is 9.31. The molecule has 0 heterocycles. The summed E-state index contributed by atoms with van der Waals surface area (Å²) < 4.78 is 26.7. The summed E-state index contributed by atoms with van der Waals surface area (Å²) >= 11 is 6.50. The normalized spacial score (nSPS) is 12.6. The lowest BCUT2D eigenvalue weighted by Crippen LogP contribution is -2.04. The Morgan fingerprint density at radius 1 is 0.800 bits per heavy atom. The number of halogens is 3. The molecule has 2 rings (SSSR count). The molecule has 0 saturated carbocycles.